The molecule has 2 fully saturated rings. The highest BCUT2D eigenvalue weighted by Gasteiger charge is 2.47. The molecule has 1 aromatic heterocycles. The lowest BCUT2D eigenvalue weighted by Gasteiger charge is -2.43. The molecule has 0 aromatic carbocycles. The Morgan fingerprint density at radius 1 is 1.50 bits per heavy atom. The molecule has 2 N–H and O–H groups in total. The summed E-state index contributed by atoms with van der Waals surface area (Å²) in [6.07, 6.45) is 5.44. The molecular weight excluding hydrogens is 244 g/mol. The van der Waals surface area contributed by atoms with Crippen LogP contribution < -0.4 is 5.73 Å². The lowest BCUT2D eigenvalue weighted by atomic mass is 9.67. The van der Waals surface area contributed by atoms with Crippen LogP contribution in [0.3, 0.4) is 0 Å². The first kappa shape index (κ1) is 12.2. The zero-order valence-electron chi connectivity index (χ0n) is 10.6. The van der Waals surface area contributed by atoms with Crippen molar-refractivity contribution in [1.82, 2.24) is 4.90 Å². The van der Waals surface area contributed by atoms with Crippen LogP contribution >= 0.6 is 11.3 Å². The molecule has 98 valence electrons. The van der Waals surface area contributed by atoms with E-state index in [0.29, 0.717) is 18.5 Å². The van der Waals surface area contributed by atoms with Gasteiger partial charge in [0.25, 0.3) is 0 Å². The van der Waals surface area contributed by atoms with Crippen molar-refractivity contribution in [3.63, 3.8) is 0 Å². The van der Waals surface area contributed by atoms with Gasteiger partial charge in [0.2, 0.25) is 5.91 Å². The fourth-order valence-electron chi connectivity index (χ4n) is 2.75. The van der Waals surface area contributed by atoms with Crippen LogP contribution in [0.5, 0.6) is 0 Å². The lowest BCUT2D eigenvalue weighted by Crippen LogP contribution is -2.52. The Morgan fingerprint density at radius 3 is 2.72 bits per heavy atom. The molecule has 2 saturated carbocycles. The van der Waals surface area contributed by atoms with Gasteiger partial charge in [0.1, 0.15) is 0 Å². The summed E-state index contributed by atoms with van der Waals surface area (Å²) in [5.74, 6) is 0.310. The van der Waals surface area contributed by atoms with Crippen LogP contribution in [0.4, 0.5) is 0 Å². The van der Waals surface area contributed by atoms with E-state index in [-0.39, 0.29) is 5.41 Å². The molecule has 18 heavy (non-hydrogen) atoms. The third-order valence-electron chi connectivity index (χ3n) is 4.34. The topological polar surface area (TPSA) is 46.3 Å². The van der Waals surface area contributed by atoms with Gasteiger partial charge >= 0.3 is 0 Å². The van der Waals surface area contributed by atoms with E-state index in [4.69, 9.17) is 5.73 Å². The van der Waals surface area contributed by atoms with Gasteiger partial charge in [-0.05, 0) is 48.1 Å². The predicted molar refractivity (Wildman–Crippen MR) is 73.2 cm³/mol. The maximum absolute atomic E-state index is 12.7. The summed E-state index contributed by atoms with van der Waals surface area (Å²) < 4.78 is 0. The largest absolute Gasteiger partial charge is 0.335 e. The standard InChI is InChI=1S/C14H20N2OS/c15-10-14(5-1-6-14)13(17)16(12-2-3-12)8-11-4-7-18-9-11/h4,7,9,12H,1-3,5-6,8,10,15H2. The van der Waals surface area contributed by atoms with E-state index in [1.807, 2.05) is 0 Å². The van der Waals surface area contributed by atoms with Crippen LogP contribution in [0.25, 0.3) is 0 Å². The monoisotopic (exact) mass is 264 g/mol. The van der Waals surface area contributed by atoms with Crippen LogP contribution in [0.15, 0.2) is 16.8 Å². The Bertz CT molecular complexity index is 416. The Labute approximate surface area is 112 Å². The summed E-state index contributed by atoms with van der Waals surface area (Å²) in [7, 11) is 0. The molecule has 0 spiro atoms. The van der Waals surface area contributed by atoms with Crippen molar-refractivity contribution in [3.8, 4) is 0 Å². The van der Waals surface area contributed by atoms with E-state index in [1.165, 1.54) is 5.56 Å². The highest BCUT2D eigenvalue weighted by Crippen LogP contribution is 2.44. The van der Waals surface area contributed by atoms with E-state index >= 15 is 0 Å². The first-order valence-corrected chi connectivity index (χ1v) is 7.72. The molecule has 1 aromatic rings. The molecule has 3 rings (SSSR count). The summed E-state index contributed by atoms with van der Waals surface area (Å²) >= 11 is 1.70. The molecule has 0 radical (unpaired) electrons. The quantitative estimate of drug-likeness (QED) is 0.887. The average molecular weight is 264 g/mol. The minimum atomic E-state index is -0.224. The fourth-order valence-corrected chi connectivity index (χ4v) is 3.41. The number of carbonyl (C=O) groups excluding carboxylic acids is 1. The Morgan fingerprint density at radius 2 is 2.28 bits per heavy atom. The summed E-state index contributed by atoms with van der Waals surface area (Å²) in [4.78, 5) is 14.8. The van der Waals surface area contributed by atoms with Crippen LogP contribution in [0.2, 0.25) is 0 Å². The maximum atomic E-state index is 12.7. The van der Waals surface area contributed by atoms with Gasteiger partial charge in [0.15, 0.2) is 0 Å². The van der Waals surface area contributed by atoms with E-state index < -0.39 is 0 Å². The van der Waals surface area contributed by atoms with Crippen molar-refractivity contribution in [1.29, 1.82) is 0 Å². The smallest absolute Gasteiger partial charge is 0.230 e. The van der Waals surface area contributed by atoms with E-state index in [9.17, 15) is 4.79 Å². The third kappa shape index (κ3) is 2.08. The average Bonchev–Trinajstić information content (AvgIpc) is 3.03. The summed E-state index contributed by atoms with van der Waals surface area (Å²) in [5, 5.41) is 4.21. The number of nitrogens with zero attached hydrogens (tertiary/aromatic N) is 1. The molecule has 2 aliphatic carbocycles. The number of amides is 1. The van der Waals surface area contributed by atoms with Crippen molar-refractivity contribution in [2.24, 2.45) is 11.1 Å². The minimum Gasteiger partial charge on any atom is -0.335 e. The maximum Gasteiger partial charge on any atom is 0.230 e. The highest BCUT2D eigenvalue weighted by molar-refractivity contribution is 7.07. The SMILES string of the molecule is NCC1(C(=O)N(Cc2ccsc2)C2CC2)CCC1. The molecule has 1 heterocycles. The number of rotatable bonds is 5. The molecule has 1 amide bonds. The van der Waals surface area contributed by atoms with Gasteiger partial charge in [-0.2, -0.15) is 11.3 Å². The first-order valence-electron chi connectivity index (χ1n) is 6.77. The van der Waals surface area contributed by atoms with Gasteiger partial charge in [0, 0.05) is 19.1 Å². The van der Waals surface area contributed by atoms with E-state index in [0.717, 1.165) is 38.6 Å². The molecule has 0 bridgehead atoms. The Balaban J connectivity index is 1.75. The molecule has 3 nitrogen and oxygen atoms in total. The molecule has 0 atom stereocenters. The number of carbonyl (C=O) groups is 1. The number of hydrogen-bond donors (Lipinski definition) is 1. The minimum absolute atomic E-state index is 0.224. The lowest BCUT2D eigenvalue weighted by molar-refractivity contribution is -0.148. The van der Waals surface area contributed by atoms with Crippen molar-refractivity contribution in [2.75, 3.05) is 6.54 Å². The summed E-state index contributed by atoms with van der Waals surface area (Å²) in [6, 6.07) is 2.59. The second-order valence-electron chi connectivity index (χ2n) is 5.63. The number of nitrogens with two attached hydrogens (primary N) is 1. The third-order valence-corrected chi connectivity index (χ3v) is 5.07. The molecule has 2 aliphatic rings. The first-order chi connectivity index (χ1) is 8.75. The highest BCUT2D eigenvalue weighted by atomic mass is 32.1. The van der Waals surface area contributed by atoms with Crippen molar-refractivity contribution >= 4 is 17.2 Å². The van der Waals surface area contributed by atoms with Gasteiger partial charge in [-0.15, -0.1) is 0 Å². The van der Waals surface area contributed by atoms with Gasteiger partial charge in [-0.1, -0.05) is 6.42 Å². The zero-order valence-corrected chi connectivity index (χ0v) is 11.4. The number of hydrogen-bond acceptors (Lipinski definition) is 3. The van der Waals surface area contributed by atoms with Crippen LogP contribution in [0.1, 0.15) is 37.7 Å². The second kappa shape index (κ2) is 4.67. The second-order valence-corrected chi connectivity index (χ2v) is 6.41. The summed E-state index contributed by atoms with van der Waals surface area (Å²) in [6.45, 7) is 1.29. The molecule has 0 unspecified atom stereocenters. The van der Waals surface area contributed by atoms with Crippen molar-refractivity contribution < 1.29 is 4.79 Å². The fraction of sp³-hybridized carbons (Fsp3) is 0.643. The van der Waals surface area contributed by atoms with E-state index in [1.54, 1.807) is 11.3 Å². The molecule has 4 heteroatoms. The molecule has 0 saturated heterocycles. The Hall–Kier alpha value is -0.870. The van der Waals surface area contributed by atoms with Crippen LogP contribution in [-0.2, 0) is 11.3 Å². The molecular formula is C14H20N2OS. The van der Waals surface area contributed by atoms with Crippen molar-refractivity contribution in [2.45, 2.75) is 44.7 Å². The normalized spacial score (nSPS) is 21.4. The van der Waals surface area contributed by atoms with Gasteiger partial charge in [-0.3, -0.25) is 4.79 Å². The molecule has 0 aliphatic heterocycles. The van der Waals surface area contributed by atoms with Gasteiger partial charge in [0.05, 0.1) is 5.41 Å². The number of thiophene rings is 1. The van der Waals surface area contributed by atoms with E-state index in [2.05, 4.69) is 21.7 Å². The van der Waals surface area contributed by atoms with Crippen molar-refractivity contribution in [3.05, 3.63) is 22.4 Å². The zero-order chi connectivity index (χ0) is 12.6. The Kier molecular flexibility index (Phi) is 3.16. The van der Waals surface area contributed by atoms with Gasteiger partial charge in [-0.25, -0.2) is 0 Å². The van der Waals surface area contributed by atoms with Crippen LogP contribution in [0, 0.1) is 5.41 Å². The predicted octanol–water partition coefficient (Wildman–Crippen LogP) is 2.37. The summed E-state index contributed by atoms with van der Waals surface area (Å²) in [5.41, 5.74) is 6.89. The van der Waals surface area contributed by atoms with Gasteiger partial charge < -0.3 is 10.6 Å². The van der Waals surface area contributed by atoms with Crippen LogP contribution in [-0.4, -0.2) is 23.4 Å².